The van der Waals surface area contributed by atoms with Gasteiger partial charge in [0.15, 0.2) is 0 Å². The number of benzene rings is 2. The van der Waals surface area contributed by atoms with Gasteiger partial charge in [-0.15, -0.1) is 12.4 Å². The summed E-state index contributed by atoms with van der Waals surface area (Å²) >= 11 is 0. The van der Waals surface area contributed by atoms with Gasteiger partial charge in [0.25, 0.3) is 0 Å². The summed E-state index contributed by atoms with van der Waals surface area (Å²) in [4.78, 5) is 2.48. The highest BCUT2D eigenvalue weighted by atomic mass is 35.5. The lowest BCUT2D eigenvalue weighted by Gasteiger charge is -2.27. The molecule has 0 amide bonds. The van der Waals surface area contributed by atoms with Crippen LogP contribution in [0.2, 0.25) is 0 Å². The van der Waals surface area contributed by atoms with Crippen molar-refractivity contribution in [1.29, 1.82) is 0 Å². The molecule has 0 aromatic heterocycles. The Bertz CT molecular complexity index is 539. The molecule has 1 heterocycles. The minimum Gasteiger partial charge on any atom is -0.489 e. The summed E-state index contributed by atoms with van der Waals surface area (Å²) in [6.45, 7) is 6.10. The minimum absolute atomic E-state index is 0. The van der Waals surface area contributed by atoms with E-state index >= 15 is 0 Å². The molecular weight excluding hydrogens is 296 g/mol. The largest absolute Gasteiger partial charge is 0.489 e. The van der Waals surface area contributed by atoms with Crippen LogP contribution in [0.1, 0.15) is 11.1 Å². The standard InChI is InChI=1S/C18H22N2O.ClH/c1-2-4-17(5-3-1)15-21-18-8-6-16(7-9-18)14-20-12-10-19-11-13-20;/h1-9,19H,10-15H2;1H. The van der Waals surface area contributed by atoms with E-state index in [4.69, 9.17) is 4.74 Å². The number of hydrogen-bond donors (Lipinski definition) is 1. The van der Waals surface area contributed by atoms with Crippen molar-refractivity contribution in [3.05, 3.63) is 65.7 Å². The third kappa shape index (κ3) is 5.02. The van der Waals surface area contributed by atoms with Crippen molar-refractivity contribution in [3.8, 4) is 5.75 Å². The molecule has 1 N–H and O–H groups in total. The van der Waals surface area contributed by atoms with E-state index in [0.717, 1.165) is 38.5 Å². The highest BCUT2D eigenvalue weighted by molar-refractivity contribution is 5.85. The summed E-state index contributed by atoms with van der Waals surface area (Å²) < 4.78 is 5.81. The Morgan fingerprint density at radius 2 is 1.55 bits per heavy atom. The van der Waals surface area contributed by atoms with Crippen molar-refractivity contribution in [3.63, 3.8) is 0 Å². The van der Waals surface area contributed by atoms with Crippen molar-refractivity contribution in [2.75, 3.05) is 26.2 Å². The number of halogens is 1. The van der Waals surface area contributed by atoms with Crippen LogP contribution in [0.4, 0.5) is 0 Å². The first-order valence-corrected chi connectivity index (χ1v) is 7.59. The topological polar surface area (TPSA) is 24.5 Å². The molecule has 22 heavy (non-hydrogen) atoms. The van der Waals surface area contributed by atoms with Crippen LogP contribution in [0.3, 0.4) is 0 Å². The fourth-order valence-electron chi connectivity index (χ4n) is 2.56. The smallest absolute Gasteiger partial charge is 0.119 e. The molecule has 3 rings (SSSR count). The lowest BCUT2D eigenvalue weighted by Crippen LogP contribution is -2.42. The first kappa shape index (κ1) is 16.8. The summed E-state index contributed by atoms with van der Waals surface area (Å²) in [5.41, 5.74) is 2.55. The first-order valence-electron chi connectivity index (χ1n) is 7.59. The Hall–Kier alpha value is -1.55. The summed E-state index contributed by atoms with van der Waals surface area (Å²) in [5, 5.41) is 3.38. The van der Waals surface area contributed by atoms with E-state index in [1.165, 1.54) is 11.1 Å². The van der Waals surface area contributed by atoms with Crippen LogP contribution in [0.25, 0.3) is 0 Å². The van der Waals surface area contributed by atoms with E-state index in [9.17, 15) is 0 Å². The van der Waals surface area contributed by atoms with Crippen molar-refractivity contribution in [1.82, 2.24) is 10.2 Å². The lowest BCUT2D eigenvalue weighted by atomic mass is 10.2. The second-order valence-electron chi connectivity index (χ2n) is 5.44. The third-order valence-corrected chi connectivity index (χ3v) is 3.79. The number of ether oxygens (including phenoxy) is 1. The molecule has 118 valence electrons. The predicted octanol–water partition coefficient (Wildman–Crippen LogP) is 3.09. The van der Waals surface area contributed by atoms with Gasteiger partial charge in [-0.1, -0.05) is 42.5 Å². The molecule has 3 nitrogen and oxygen atoms in total. The van der Waals surface area contributed by atoms with E-state index in [-0.39, 0.29) is 12.4 Å². The average molecular weight is 319 g/mol. The van der Waals surface area contributed by atoms with Crippen molar-refractivity contribution >= 4 is 12.4 Å². The van der Waals surface area contributed by atoms with Gasteiger partial charge in [-0.3, -0.25) is 4.90 Å². The maximum absolute atomic E-state index is 5.81. The number of rotatable bonds is 5. The van der Waals surface area contributed by atoms with Crippen molar-refractivity contribution < 1.29 is 4.74 Å². The van der Waals surface area contributed by atoms with Crippen LogP contribution in [-0.2, 0) is 13.2 Å². The van der Waals surface area contributed by atoms with Crippen LogP contribution >= 0.6 is 12.4 Å². The van der Waals surface area contributed by atoms with Gasteiger partial charge in [0.05, 0.1) is 0 Å². The van der Waals surface area contributed by atoms with Gasteiger partial charge in [-0.25, -0.2) is 0 Å². The van der Waals surface area contributed by atoms with Crippen LogP contribution in [0, 0.1) is 0 Å². The van der Waals surface area contributed by atoms with E-state index < -0.39 is 0 Å². The highest BCUT2D eigenvalue weighted by Crippen LogP contribution is 2.15. The normalized spacial score (nSPS) is 15.1. The molecular formula is C18H23ClN2O. The monoisotopic (exact) mass is 318 g/mol. The maximum atomic E-state index is 5.81. The fraction of sp³-hybridized carbons (Fsp3) is 0.333. The van der Waals surface area contributed by atoms with Crippen LogP contribution < -0.4 is 10.1 Å². The molecule has 0 aliphatic carbocycles. The molecule has 0 atom stereocenters. The molecule has 1 aliphatic rings. The average Bonchev–Trinajstić information content (AvgIpc) is 2.56. The van der Waals surface area contributed by atoms with Crippen LogP contribution in [-0.4, -0.2) is 31.1 Å². The highest BCUT2D eigenvalue weighted by Gasteiger charge is 2.09. The zero-order valence-electron chi connectivity index (χ0n) is 12.7. The van der Waals surface area contributed by atoms with E-state index in [1.807, 2.05) is 18.2 Å². The molecule has 2 aromatic carbocycles. The molecule has 4 heteroatoms. The maximum Gasteiger partial charge on any atom is 0.119 e. The number of hydrogen-bond acceptors (Lipinski definition) is 3. The van der Waals surface area contributed by atoms with Gasteiger partial charge < -0.3 is 10.1 Å². The molecule has 0 unspecified atom stereocenters. The summed E-state index contributed by atoms with van der Waals surface area (Å²) in [6.07, 6.45) is 0. The number of piperazine rings is 1. The molecule has 0 radical (unpaired) electrons. The Balaban J connectivity index is 0.00000176. The summed E-state index contributed by atoms with van der Waals surface area (Å²) in [6, 6.07) is 18.7. The van der Waals surface area contributed by atoms with Gasteiger partial charge in [0.1, 0.15) is 12.4 Å². The number of nitrogens with zero attached hydrogens (tertiary/aromatic N) is 1. The van der Waals surface area contributed by atoms with E-state index in [2.05, 4.69) is 46.6 Å². The SMILES string of the molecule is Cl.c1ccc(COc2ccc(CN3CCNCC3)cc2)cc1. The molecule has 2 aromatic rings. The van der Waals surface area contributed by atoms with Gasteiger partial charge in [-0.2, -0.15) is 0 Å². The molecule has 0 saturated carbocycles. The Morgan fingerprint density at radius 3 is 2.23 bits per heavy atom. The van der Waals surface area contributed by atoms with Gasteiger partial charge in [0, 0.05) is 32.7 Å². The Kier molecular flexibility index (Phi) is 6.72. The van der Waals surface area contributed by atoms with Crippen molar-refractivity contribution in [2.45, 2.75) is 13.2 Å². The van der Waals surface area contributed by atoms with E-state index in [1.54, 1.807) is 0 Å². The predicted molar refractivity (Wildman–Crippen MR) is 92.6 cm³/mol. The zero-order valence-corrected chi connectivity index (χ0v) is 13.5. The second kappa shape index (κ2) is 8.79. The first-order chi connectivity index (χ1) is 10.4. The molecule has 1 saturated heterocycles. The van der Waals surface area contributed by atoms with Gasteiger partial charge in [-0.05, 0) is 23.3 Å². The quantitative estimate of drug-likeness (QED) is 0.917. The Morgan fingerprint density at radius 1 is 0.864 bits per heavy atom. The Labute approximate surface area is 138 Å². The van der Waals surface area contributed by atoms with Gasteiger partial charge >= 0.3 is 0 Å². The summed E-state index contributed by atoms with van der Waals surface area (Å²) in [5.74, 6) is 0.933. The van der Waals surface area contributed by atoms with Crippen LogP contribution in [0.15, 0.2) is 54.6 Å². The zero-order chi connectivity index (χ0) is 14.3. The lowest BCUT2D eigenvalue weighted by molar-refractivity contribution is 0.233. The summed E-state index contributed by atoms with van der Waals surface area (Å²) in [7, 11) is 0. The molecule has 1 fully saturated rings. The number of nitrogens with one attached hydrogen (secondary N) is 1. The molecule has 1 aliphatic heterocycles. The van der Waals surface area contributed by atoms with Crippen molar-refractivity contribution in [2.24, 2.45) is 0 Å². The fourth-order valence-corrected chi connectivity index (χ4v) is 2.56. The minimum atomic E-state index is 0. The third-order valence-electron chi connectivity index (χ3n) is 3.79. The van der Waals surface area contributed by atoms with E-state index in [0.29, 0.717) is 6.61 Å². The molecule has 0 spiro atoms. The van der Waals surface area contributed by atoms with Crippen LogP contribution in [0.5, 0.6) is 5.75 Å². The second-order valence-corrected chi connectivity index (χ2v) is 5.44. The molecule has 0 bridgehead atoms. The van der Waals surface area contributed by atoms with Gasteiger partial charge in [0.2, 0.25) is 0 Å².